The third kappa shape index (κ3) is 5.15. The zero-order chi connectivity index (χ0) is 20.1. The Balaban J connectivity index is 1.34. The van der Waals surface area contributed by atoms with Crippen LogP contribution in [0, 0.1) is 0 Å². The molecule has 1 aromatic carbocycles. The van der Waals surface area contributed by atoms with Crippen molar-refractivity contribution < 1.29 is 13.9 Å². The topological polar surface area (TPSA) is 68.5 Å². The third-order valence-corrected chi connectivity index (χ3v) is 5.24. The minimum Gasteiger partial charge on any atom is -0.482 e. The second kappa shape index (κ2) is 9.09. The highest BCUT2D eigenvalue weighted by Crippen LogP contribution is 2.27. The molecular formula is C22H22ClN3O3. The summed E-state index contributed by atoms with van der Waals surface area (Å²) in [5, 5.41) is 0.714. The summed E-state index contributed by atoms with van der Waals surface area (Å²) in [6, 6.07) is 11.3. The fourth-order valence-electron chi connectivity index (χ4n) is 3.47. The molecule has 1 fully saturated rings. The minimum atomic E-state index is -0.0357. The number of hydrogen-bond acceptors (Lipinski definition) is 5. The van der Waals surface area contributed by atoms with Gasteiger partial charge in [0, 0.05) is 30.7 Å². The Hall–Kier alpha value is -2.86. The number of rotatable bonds is 6. The van der Waals surface area contributed by atoms with Gasteiger partial charge in [0.15, 0.2) is 12.5 Å². The number of carbonyl (C=O) groups is 1. The molecule has 0 N–H and O–H groups in total. The van der Waals surface area contributed by atoms with Crippen LogP contribution < -0.4 is 4.74 Å². The molecule has 0 saturated carbocycles. The maximum atomic E-state index is 12.5. The van der Waals surface area contributed by atoms with E-state index in [1.165, 1.54) is 0 Å². The number of benzene rings is 1. The number of oxazole rings is 1. The summed E-state index contributed by atoms with van der Waals surface area (Å²) in [6.07, 6.45) is 7.57. The number of ether oxygens (including phenoxy) is 1. The first kappa shape index (κ1) is 19.5. The quantitative estimate of drug-likeness (QED) is 0.610. The maximum Gasteiger partial charge on any atom is 0.260 e. The highest BCUT2D eigenvalue weighted by molar-refractivity contribution is 6.30. The lowest BCUT2D eigenvalue weighted by Crippen LogP contribution is -2.41. The van der Waals surface area contributed by atoms with E-state index in [0.29, 0.717) is 29.6 Å². The normalized spacial score (nSPS) is 16.6. The minimum absolute atomic E-state index is 0.00577. The Kier molecular flexibility index (Phi) is 6.10. The summed E-state index contributed by atoms with van der Waals surface area (Å²) < 4.78 is 11.5. The van der Waals surface area contributed by atoms with Crippen molar-refractivity contribution in [1.82, 2.24) is 14.9 Å². The van der Waals surface area contributed by atoms with Crippen molar-refractivity contribution >= 4 is 17.5 Å². The van der Waals surface area contributed by atoms with Gasteiger partial charge in [0.05, 0.1) is 18.3 Å². The SMILES string of the molecule is O=C(COc1cccnc1)N1CCC[C@H](c2ncc(Cc3ccc(Cl)cc3)o2)C1. The maximum absolute atomic E-state index is 12.5. The van der Waals surface area contributed by atoms with Crippen LogP contribution in [0.15, 0.2) is 59.4 Å². The van der Waals surface area contributed by atoms with Crippen LogP contribution in [-0.2, 0) is 11.2 Å². The molecule has 3 aromatic rings. The first-order valence-electron chi connectivity index (χ1n) is 9.67. The number of pyridine rings is 1. The number of nitrogens with zero attached hydrogens (tertiary/aromatic N) is 3. The number of piperidine rings is 1. The molecule has 4 rings (SSSR count). The largest absolute Gasteiger partial charge is 0.482 e. The van der Waals surface area contributed by atoms with Crippen molar-refractivity contribution in [2.24, 2.45) is 0 Å². The van der Waals surface area contributed by atoms with Gasteiger partial charge < -0.3 is 14.1 Å². The van der Waals surface area contributed by atoms with E-state index in [9.17, 15) is 4.79 Å². The van der Waals surface area contributed by atoms with E-state index in [2.05, 4.69) is 9.97 Å². The number of amides is 1. The number of halogens is 1. The van der Waals surface area contributed by atoms with Crippen molar-refractivity contribution in [3.05, 3.63) is 77.2 Å². The zero-order valence-corrected chi connectivity index (χ0v) is 16.7. The summed E-state index contributed by atoms with van der Waals surface area (Å²) in [7, 11) is 0. The van der Waals surface area contributed by atoms with Gasteiger partial charge in [-0.05, 0) is 42.7 Å². The van der Waals surface area contributed by atoms with Crippen molar-refractivity contribution in [2.75, 3.05) is 19.7 Å². The zero-order valence-electron chi connectivity index (χ0n) is 16.0. The number of carbonyl (C=O) groups excluding carboxylic acids is 1. The first-order chi connectivity index (χ1) is 14.2. The lowest BCUT2D eigenvalue weighted by atomic mass is 9.98. The van der Waals surface area contributed by atoms with E-state index >= 15 is 0 Å². The van der Waals surface area contributed by atoms with E-state index in [4.69, 9.17) is 20.8 Å². The van der Waals surface area contributed by atoms with Gasteiger partial charge in [-0.15, -0.1) is 0 Å². The van der Waals surface area contributed by atoms with Crippen molar-refractivity contribution in [3.63, 3.8) is 0 Å². The fourth-order valence-corrected chi connectivity index (χ4v) is 3.60. The van der Waals surface area contributed by atoms with Crippen LogP contribution in [-0.4, -0.2) is 40.5 Å². The molecule has 6 nitrogen and oxygen atoms in total. The molecule has 1 atom stereocenters. The van der Waals surface area contributed by atoms with Crippen LogP contribution in [0.25, 0.3) is 0 Å². The van der Waals surface area contributed by atoms with Gasteiger partial charge in [-0.25, -0.2) is 4.98 Å². The Bertz CT molecular complexity index is 943. The molecule has 7 heteroatoms. The van der Waals surface area contributed by atoms with Gasteiger partial charge in [-0.2, -0.15) is 0 Å². The second-order valence-electron chi connectivity index (χ2n) is 7.12. The summed E-state index contributed by atoms with van der Waals surface area (Å²) in [4.78, 5) is 22.8. The van der Waals surface area contributed by atoms with Crippen LogP contribution in [0.3, 0.4) is 0 Å². The molecule has 1 saturated heterocycles. The molecular weight excluding hydrogens is 390 g/mol. The summed E-state index contributed by atoms with van der Waals surface area (Å²) in [5.74, 6) is 2.16. The van der Waals surface area contributed by atoms with Gasteiger partial charge in [-0.3, -0.25) is 9.78 Å². The Labute approximate surface area is 174 Å². The van der Waals surface area contributed by atoms with Crippen LogP contribution >= 0.6 is 11.6 Å². The Morgan fingerprint density at radius 2 is 2.10 bits per heavy atom. The monoisotopic (exact) mass is 411 g/mol. The van der Waals surface area contributed by atoms with Crippen molar-refractivity contribution in [2.45, 2.75) is 25.2 Å². The van der Waals surface area contributed by atoms with Gasteiger partial charge in [0.1, 0.15) is 11.5 Å². The fraction of sp³-hybridized carbons (Fsp3) is 0.318. The lowest BCUT2D eigenvalue weighted by Gasteiger charge is -2.31. The standard InChI is InChI=1S/C22H22ClN3O3/c23-18-7-5-16(6-8-18)11-20-13-25-22(29-20)17-3-2-10-26(14-17)21(27)15-28-19-4-1-9-24-12-19/h1,4-9,12-13,17H,2-3,10-11,14-15H2/t17-/m0/s1. The predicted octanol–water partition coefficient (Wildman–Crippen LogP) is 4.10. The molecule has 1 aliphatic rings. The Morgan fingerprint density at radius 3 is 2.90 bits per heavy atom. The van der Waals surface area contributed by atoms with E-state index in [1.54, 1.807) is 30.7 Å². The molecule has 0 spiro atoms. The van der Waals surface area contributed by atoms with Crippen molar-refractivity contribution in [3.8, 4) is 5.75 Å². The summed E-state index contributed by atoms with van der Waals surface area (Å²) in [5.41, 5.74) is 1.12. The molecule has 150 valence electrons. The van der Waals surface area contributed by atoms with Crippen LogP contribution in [0.2, 0.25) is 5.02 Å². The molecule has 1 aliphatic heterocycles. The van der Waals surface area contributed by atoms with Crippen molar-refractivity contribution in [1.29, 1.82) is 0 Å². The molecule has 0 unspecified atom stereocenters. The highest BCUT2D eigenvalue weighted by atomic mass is 35.5. The summed E-state index contributed by atoms with van der Waals surface area (Å²) >= 11 is 5.94. The molecule has 0 aliphatic carbocycles. The lowest BCUT2D eigenvalue weighted by molar-refractivity contribution is -0.134. The molecule has 3 heterocycles. The average molecular weight is 412 g/mol. The Morgan fingerprint density at radius 1 is 1.24 bits per heavy atom. The number of hydrogen-bond donors (Lipinski definition) is 0. The van der Waals surface area contributed by atoms with E-state index in [1.807, 2.05) is 29.2 Å². The summed E-state index contributed by atoms with van der Waals surface area (Å²) in [6.45, 7) is 1.33. The van der Waals surface area contributed by atoms with Gasteiger partial charge in [0.25, 0.3) is 5.91 Å². The van der Waals surface area contributed by atoms with E-state index in [0.717, 1.165) is 30.7 Å². The van der Waals surface area contributed by atoms with Crippen LogP contribution in [0.1, 0.15) is 36.0 Å². The number of likely N-dealkylation sites (tertiary alicyclic amines) is 1. The molecule has 2 aromatic heterocycles. The first-order valence-corrected chi connectivity index (χ1v) is 10.0. The van der Waals surface area contributed by atoms with E-state index < -0.39 is 0 Å². The van der Waals surface area contributed by atoms with E-state index in [-0.39, 0.29) is 18.4 Å². The molecule has 0 radical (unpaired) electrons. The molecule has 1 amide bonds. The van der Waals surface area contributed by atoms with Crippen LogP contribution in [0.5, 0.6) is 5.75 Å². The highest BCUT2D eigenvalue weighted by Gasteiger charge is 2.28. The smallest absolute Gasteiger partial charge is 0.260 e. The average Bonchev–Trinajstić information content (AvgIpc) is 3.23. The number of aromatic nitrogens is 2. The van der Waals surface area contributed by atoms with Gasteiger partial charge >= 0.3 is 0 Å². The molecule has 29 heavy (non-hydrogen) atoms. The predicted molar refractivity (Wildman–Crippen MR) is 109 cm³/mol. The van der Waals surface area contributed by atoms with Gasteiger partial charge in [0.2, 0.25) is 0 Å². The third-order valence-electron chi connectivity index (χ3n) is 4.98. The second-order valence-corrected chi connectivity index (χ2v) is 7.56. The van der Waals surface area contributed by atoms with Crippen LogP contribution in [0.4, 0.5) is 0 Å². The van der Waals surface area contributed by atoms with Gasteiger partial charge in [-0.1, -0.05) is 23.7 Å². The molecule has 0 bridgehead atoms.